The van der Waals surface area contributed by atoms with E-state index in [2.05, 4.69) is 4.74 Å². The quantitative estimate of drug-likeness (QED) is 0.240. The molecule has 2 aromatic heterocycles. The molecule has 0 amide bonds. The van der Waals surface area contributed by atoms with E-state index in [1.165, 1.54) is 18.9 Å². The van der Waals surface area contributed by atoms with Gasteiger partial charge < -0.3 is 13.9 Å². The largest absolute Gasteiger partial charge is 0.494 e. The van der Waals surface area contributed by atoms with Crippen LogP contribution in [0.1, 0.15) is 23.2 Å². The van der Waals surface area contributed by atoms with Gasteiger partial charge in [0.05, 0.1) is 36.1 Å². The predicted octanol–water partition coefficient (Wildman–Crippen LogP) is 4.46. The molecular formula is C23H20N2O5S. The molecule has 0 radical (unpaired) electrons. The Labute approximate surface area is 182 Å². The minimum atomic E-state index is -0.536. The number of rotatable bonds is 7. The lowest BCUT2D eigenvalue weighted by molar-refractivity contribution is 0.0563. The minimum absolute atomic E-state index is 0.133. The topological polar surface area (TPSA) is 83.6 Å². The Balaban J connectivity index is 1.72. The van der Waals surface area contributed by atoms with Crippen LogP contribution in [0, 0.1) is 0 Å². The summed E-state index contributed by atoms with van der Waals surface area (Å²) in [4.78, 5) is 29.6. The van der Waals surface area contributed by atoms with Gasteiger partial charge in [0.15, 0.2) is 5.16 Å². The summed E-state index contributed by atoms with van der Waals surface area (Å²) in [6.45, 7) is 2.48. The van der Waals surface area contributed by atoms with Gasteiger partial charge in [-0.05, 0) is 55.5 Å². The van der Waals surface area contributed by atoms with E-state index in [4.69, 9.17) is 14.1 Å². The third kappa shape index (κ3) is 4.34. The predicted molar refractivity (Wildman–Crippen MR) is 118 cm³/mol. The Bertz CT molecular complexity index is 1280. The van der Waals surface area contributed by atoms with Gasteiger partial charge in [-0.1, -0.05) is 23.9 Å². The number of furan rings is 1. The first-order chi connectivity index (χ1) is 15.1. The van der Waals surface area contributed by atoms with Gasteiger partial charge in [-0.15, -0.1) is 0 Å². The Morgan fingerprint density at radius 1 is 1.10 bits per heavy atom. The van der Waals surface area contributed by atoms with Gasteiger partial charge in [-0.2, -0.15) is 0 Å². The first-order valence-corrected chi connectivity index (χ1v) is 10.6. The van der Waals surface area contributed by atoms with Gasteiger partial charge in [0.2, 0.25) is 5.76 Å². The maximum atomic E-state index is 13.3. The molecule has 0 aliphatic heterocycles. The number of fused-ring (bicyclic) bond motifs is 1. The molecule has 0 atom stereocenters. The normalized spacial score (nSPS) is 10.9. The number of benzene rings is 2. The summed E-state index contributed by atoms with van der Waals surface area (Å²) in [5, 5.41) is 1.05. The molecular weight excluding hydrogens is 416 g/mol. The van der Waals surface area contributed by atoms with E-state index >= 15 is 0 Å². The molecule has 7 nitrogen and oxygen atoms in total. The summed E-state index contributed by atoms with van der Waals surface area (Å²) in [5.41, 5.74) is 1.14. The van der Waals surface area contributed by atoms with Crippen molar-refractivity contribution >= 4 is 28.6 Å². The van der Waals surface area contributed by atoms with E-state index in [9.17, 15) is 9.59 Å². The molecule has 0 aliphatic carbocycles. The van der Waals surface area contributed by atoms with Crippen molar-refractivity contribution in [2.75, 3.05) is 13.7 Å². The van der Waals surface area contributed by atoms with Crippen molar-refractivity contribution in [2.45, 2.75) is 17.8 Å². The van der Waals surface area contributed by atoms with E-state index in [0.29, 0.717) is 39.9 Å². The van der Waals surface area contributed by atoms with Crippen LogP contribution in [0.15, 0.2) is 75.0 Å². The highest BCUT2D eigenvalue weighted by Gasteiger charge is 2.16. The van der Waals surface area contributed by atoms with Crippen molar-refractivity contribution in [3.05, 3.63) is 82.5 Å². The zero-order valence-corrected chi connectivity index (χ0v) is 17.8. The summed E-state index contributed by atoms with van der Waals surface area (Å²) in [5.74, 6) is 1.29. The maximum absolute atomic E-state index is 13.3. The highest BCUT2D eigenvalue weighted by Crippen LogP contribution is 2.26. The number of carbonyl (C=O) groups is 1. The zero-order chi connectivity index (χ0) is 21.8. The first-order valence-electron chi connectivity index (χ1n) is 9.65. The highest BCUT2D eigenvalue weighted by molar-refractivity contribution is 7.98. The number of ether oxygens (including phenoxy) is 2. The van der Waals surface area contributed by atoms with Crippen LogP contribution in [-0.2, 0) is 10.5 Å². The van der Waals surface area contributed by atoms with E-state index in [1.54, 1.807) is 22.8 Å². The lowest BCUT2D eigenvalue weighted by atomic mass is 10.2. The second-order valence-corrected chi connectivity index (χ2v) is 7.47. The highest BCUT2D eigenvalue weighted by atomic mass is 32.2. The van der Waals surface area contributed by atoms with Gasteiger partial charge in [0.1, 0.15) is 11.5 Å². The standard InChI is InChI=1S/C23H20N2O5S/c1-3-29-16-10-8-15(9-11-16)25-21(26)18-6-4-5-7-19(18)24-23(25)31-14-17-12-13-20(30-17)22(27)28-2/h4-13H,3,14H2,1-2H3. The van der Waals surface area contributed by atoms with Crippen molar-refractivity contribution < 1.29 is 18.7 Å². The van der Waals surface area contributed by atoms with Crippen LogP contribution in [0.4, 0.5) is 0 Å². The average Bonchev–Trinajstić information content (AvgIpc) is 3.27. The fraction of sp³-hybridized carbons (Fsp3) is 0.174. The molecule has 0 fully saturated rings. The monoisotopic (exact) mass is 436 g/mol. The van der Waals surface area contributed by atoms with Gasteiger partial charge >= 0.3 is 5.97 Å². The van der Waals surface area contributed by atoms with Crippen LogP contribution in [0.5, 0.6) is 5.75 Å². The molecule has 8 heteroatoms. The lowest BCUT2D eigenvalue weighted by Gasteiger charge is -2.13. The molecule has 2 heterocycles. The Kier molecular flexibility index (Phi) is 6.08. The molecule has 158 valence electrons. The molecule has 31 heavy (non-hydrogen) atoms. The number of carbonyl (C=O) groups excluding carboxylic acids is 1. The number of thioether (sulfide) groups is 1. The summed E-state index contributed by atoms with van der Waals surface area (Å²) >= 11 is 1.35. The summed E-state index contributed by atoms with van der Waals surface area (Å²) < 4.78 is 17.3. The number of methoxy groups -OCH3 is 1. The first kappa shape index (κ1) is 20.7. The molecule has 4 aromatic rings. The van der Waals surface area contributed by atoms with Crippen LogP contribution in [0.2, 0.25) is 0 Å². The number of nitrogens with zero attached hydrogens (tertiary/aromatic N) is 2. The summed E-state index contributed by atoms with van der Waals surface area (Å²) in [7, 11) is 1.30. The fourth-order valence-electron chi connectivity index (χ4n) is 3.10. The van der Waals surface area contributed by atoms with E-state index < -0.39 is 5.97 Å². The molecule has 2 aromatic carbocycles. The Morgan fingerprint density at radius 3 is 2.61 bits per heavy atom. The van der Waals surface area contributed by atoms with Gasteiger partial charge in [-0.25, -0.2) is 9.78 Å². The van der Waals surface area contributed by atoms with Gasteiger partial charge in [0, 0.05) is 0 Å². The number of hydrogen-bond donors (Lipinski definition) is 0. The molecule has 0 saturated heterocycles. The van der Waals surface area contributed by atoms with Crippen molar-refractivity contribution in [1.29, 1.82) is 0 Å². The van der Waals surface area contributed by atoms with Crippen LogP contribution < -0.4 is 10.3 Å². The van der Waals surface area contributed by atoms with Gasteiger partial charge in [0.25, 0.3) is 5.56 Å². The second-order valence-electron chi connectivity index (χ2n) is 6.53. The fourth-order valence-corrected chi connectivity index (χ4v) is 4.00. The number of para-hydroxylation sites is 1. The van der Waals surface area contributed by atoms with Gasteiger partial charge in [-0.3, -0.25) is 9.36 Å². The van der Waals surface area contributed by atoms with Crippen LogP contribution in [-0.4, -0.2) is 29.2 Å². The van der Waals surface area contributed by atoms with Crippen LogP contribution >= 0.6 is 11.8 Å². The smallest absolute Gasteiger partial charge is 0.373 e. The molecule has 0 saturated carbocycles. The number of esters is 1. The Hall–Kier alpha value is -3.52. The lowest BCUT2D eigenvalue weighted by Crippen LogP contribution is -2.21. The minimum Gasteiger partial charge on any atom is -0.494 e. The Morgan fingerprint density at radius 2 is 1.87 bits per heavy atom. The molecule has 0 unspecified atom stereocenters. The average molecular weight is 436 g/mol. The van der Waals surface area contributed by atoms with E-state index in [-0.39, 0.29) is 11.3 Å². The molecule has 4 rings (SSSR count). The van der Waals surface area contributed by atoms with Crippen molar-refractivity contribution in [3.63, 3.8) is 0 Å². The van der Waals surface area contributed by atoms with Crippen LogP contribution in [0.25, 0.3) is 16.6 Å². The van der Waals surface area contributed by atoms with E-state index in [0.717, 1.165) is 5.75 Å². The zero-order valence-electron chi connectivity index (χ0n) is 17.0. The van der Waals surface area contributed by atoms with Crippen LogP contribution in [0.3, 0.4) is 0 Å². The SMILES string of the molecule is CCOc1ccc(-n2c(SCc3ccc(C(=O)OC)o3)nc3ccccc3c2=O)cc1. The molecule has 0 spiro atoms. The molecule has 0 aliphatic rings. The molecule has 0 bridgehead atoms. The van der Waals surface area contributed by atoms with Crippen molar-refractivity contribution in [3.8, 4) is 11.4 Å². The third-order valence-electron chi connectivity index (χ3n) is 4.54. The summed E-state index contributed by atoms with van der Waals surface area (Å²) in [6.07, 6.45) is 0. The molecule has 0 N–H and O–H groups in total. The van der Waals surface area contributed by atoms with Crippen molar-refractivity contribution in [1.82, 2.24) is 9.55 Å². The second kappa shape index (κ2) is 9.09. The third-order valence-corrected chi connectivity index (χ3v) is 5.50. The number of aromatic nitrogens is 2. The summed E-state index contributed by atoms with van der Waals surface area (Å²) in [6, 6.07) is 17.8. The number of hydrogen-bond acceptors (Lipinski definition) is 7. The maximum Gasteiger partial charge on any atom is 0.373 e. The van der Waals surface area contributed by atoms with Crippen molar-refractivity contribution in [2.24, 2.45) is 0 Å². The van der Waals surface area contributed by atoms with E-state index in [1.807, 2.05) is 49.4 Å².